The fraction of sp³-hybridized carbons (Fsp3) is 0.167. The largest absolute Gasteiger partial charge is 0.455 e. The minimum absolute atomic E-state index is 0.142. The summed E-state index contributed by atoms with van der Waals surface area (Å²) in [6, 6.07) is 6.67. The van der Waals surface area contributed by atoms with Crippen molar-refractivity contribution < 1.29 is 18.0 Å². The number of halogens is 3. The van der Waals surface area contributed by atoms with Crippen LogP contribution >= 0.6 is 0 Å². The van der Waals surface area contributed by atoms with Gasteiger partial charge in [0.2, 0.25) is 0 Å². The van der Waals surface area contributed by atoms with E-state index in [-0.39, 0.29) is 5.69 Å². The number of Topliss-reactive ketones (excluding diaryl/α,β-unsaturated/α-hetero) is 1. The first kappa shape index (κ1) is 12.3. The van der Waals surface area contributed by atoms with E-state index in [1.807, 2.05) is 0 Å². The van der Waals surface area contributed by atoms with E-state index < -0.39 is 17.5 Å². The van der Waals surface area contributed by atoms with E-state index in [1.165, 1.54) is 7.05 Å². The molecule has 0 radical (unpaired) electrons. The fourth-order valence-corrected chi connectivity index (χ4v) is 1.74. The van der Waals surface area contributed by atoms with Gasteiger partial charge in [-0.25, -0.2) is 0 Å². The number of alkyl halides is 3. The molecule has 2 rings (SSSR count). The summed E-state index contributed by atoms with van der Waals surface area (Å²) in [5.74, 6) is -1.90. The van der Waals surface area contributed by atoms with Crippen molar-refractivity contribution in [3.63, 3.8) is 0 Å². The van der Waals surface area contributed by atoms with Crippen LogP contribution in [-0.4, -0.2) is 24.0 Å². The van der Waals surface area contributed by atoms with Crippen LogP contribution in [0.15, 0.2) is 30.5 Å². The summed E-state index contributed by atoms with van der Waals surface area (Å²) in [6.07, 6.45) is -3.96. The summed E-state index contributed by atoms with van der Waals surface area (Å²) in [5, 5.41) is 3.11. The predicted octanol–water partition coefficient (Wildman–Crippen LogP) is 3.02. The van der Waals surface area contributed by atoms with Gasteiger partial charge in [-0.3, -0.25) is 9.78 Å². The first-order chi connectivity index (χ1) is 8.45. The normalized spacial score (nSPS) is 11.6. The fourth-order valence-electron chi connectivity index (χ4n) is 1.74. The van der Waals surface area contributed by atoms with Crippen LogP contribution in [0.2, 0.25) is 0 Å². The molecule has 1 aromatic carbocycles. The number of carbonyl (C=O) groups is 1. The summed E-state index contributed by atoms with van der Waals surface area (Å²) in [4.78, 5) is 15.1. The summed E-state index contributed by atoms with van der Waals surface area (Å²) < 4.78 is 37.3. The van der Waals surface area contributed by atoms with Crippen molar-refractivity contribution in [1.29, 1.82) is 0 Å². The minimum Gasteiger partial charge on any atom is -0.387 e. The van der Waals surface area contributed by atoms with Crippen LogP contribution in [0.1, 0.15) is 10.4 Å². The molecule has 0 aliphatic carbocycles. The van der Waals surface area contributed by atoms with Gasteiger partial charge in [-0.2, -0.15) is 13.2 Å². The topological polar surface area (TPSA) is 42.0 Å². The Bertz CT molecular complexity index is 608. The van der Waals surface area contributed by atoms with Crippen molar-refractivity contribution in [3.05, 3.63) is 36.0 Å². The van der Waals surface area contributed by atoms with Gasteiger partial charge >= 0.3 is 6.18 Å². The molecule has 0 aliphatic heterocycles. The maximum atomic E-state index is 12.4. The minimum atomic E-state index is -4.91. The van der Waals surface area contributed by atoms with Gasteiger partial charge in [-0.15, -0.1) is 0 Å². The van der Waals surface area contributed by atoms with Gasteiger partial charge in [-0.05, 0) is 6.07 Å². The highest BCUT2D eigenvalue weighted by Crippen LogP contribution is 2.30. The Kier molecular flexibility index (Phi) is 2.94. The van der Waals surface area contributed by atoms with E-state index >= 15 is 0 Å². The second kappa shape index (κ2) is 4.29. The third kappa shape index (κ3) is 2.01. The number of benzene rings is 1. The number of hydrogen-bond donors (Lipinski definition) is 1. The maximum absolute atomic E-state index is 12.4. The summed E-state index contributed by atoms with van der Waals surface area (Å²) >= 11 is 0. The first-order valence-corrected chi connectivity index (χ1v) is 5.12. The highest BCUT2D eigenvalue weighted by molar-refractivity contribution is 6.10. The van der Waals surface area contributed by atoms with Gasteiger partial charge < -0.3 is 5.32 Å². The molecule has 6 heteroatoms. The third-order valence-electron chi connectivity index (χ3n) is 2.53. The molecule has 0 atom stereocenters. The Hall–Kier alpha value is -2.11. The lowest BCUT2D eigenvalue weighted by Gasteiger charge is -2.12. The highest BCUT2D eigenvalue weighted by Gasteiger charge is 2.40. The van der Waals surface area contributed by atoms with E-state index in [1.54, 1.807) is 24.3 Å². The van der Waals surface area contributed by atoms with E-state index in [0.717, 1.165) is 6.20 Å². The molecule has 0 saturated carbocycles. The molecule has 1 aromatic heterocycles. The molecule has 2 aromatic rings. The van der Waals surface area contributed by atoms with Crippen molar-refractivity contribution in [3.8, 4) is 0 Å². The van der Waals surface area contributed by atoms with Crippen LogP contribution in [0.4, 0.5) is 18.9 Å². The lowest BCUT2D eigenvalue weighted by Crippen LogP contribution is -2.24. The van der Waals surface area contributed by atoms with Gasteiger partial charge in [-0.1, -0.05) is 18.2 Å². The number of nitrogens with one attached hydrogen (secondary N) is 1. The molecule has 18 heavy (non-hydrogen) atoms. The number of ketones is 1. The lowest BCUT2D eigenvalue weighted by molar-refractivity contribution is -0.0884. The Morgan fingerprint density at radius 3 is 2.56 bits per heavy atom. The molecule has 0 fully saturated rings. The third-order valence-corrected chi connectivity index (χ3v) is 2.53. The Morgan fingerprint density at radius 2 is 1.94 bits per heavy atom. The standard InChI is InChI=1S/C12H9F3N2O/c1-16-10-7-4-2-3-5-9(7)17-6-8(10)11(18)12(13,14)15/h2-6H,1H3,(H,16,17). The molecule has 94 valence electrons. The zero-order chi connectivity index (χ0) is 13.3. The summed E-state index contributed by atoms with van der Waals surface area (Å²) in [6.45, 7) is 0. The Balaban J connectivity index is 2.69. The second-order valence-electron chi connectivity index (χ2n) is 3.64. The number of anilines is 1. The molecular weight excluding hydrogens is 245 g/mol. The zero-order valence-electron chi connectivity index (χ0n) is 9.38. The first-order valence-electron chi connectivity index (χ1n) is 5.12. The van der Waals surface area contributed by atoms with Gasteiger partial charge in [0.1, 0.15) is 0 Å². The van der Waals surface area contributed by atoms with Crippen LogP contribution in [0.25, 0.3) is 10.9 Å². The van der Waals surface area contributed by atoms with Crippen molar-refractivity contribution in [2.45, 2.75) is 6.18 Å². The van der Waals surface area contributed by atoms with Gasteiger partial charge in [0.15, 0.2) is 0 Å². The van der Waals surface area contributed by atoms with E-state index in [9.17, 15) is 18.0 Å². The van der Waals surface area contributed by atoms with Crippen LogP contribution < -0.4 is 5.32 Å². The van der Waals surface area contributed by atoms with Gasteiger partial charge in [0.05, 0.1) is 16.8 Å². The SMILES string of the molecule is CNc1c(C(=O)C(F)(F)F)cnc2ccccc12. The predicted molar refractivity (Wildman–Crippen MR) is 61.7 cm³/mol. The van der Waals surface area contributed by atoms with E-state index in [0.29, 0.717) is 10.9 Å². The zero-order valence-corrected chi connectivity index (χ0v) is 9.38. The van der Waals surface area contributed by atoms with Crippen LogP contribution in [0.5, 0.6) is 0 Å². The van der Waals surface area contributed by atoms with Gasteiger partial charge in [0.25, 0.3) is 5.78 Å². The highest BCUT2D eigenvalue weighted by atomic mass is 19.4. The molecule has 0 unspecified atom stereocenters. The average Bonchev–Trinajstić information content (AvgIpc) is 2.35. The second-order valence-corrected chi connectivity index (χ2v) is 3.64. The van der Waals surface area contributed by atoms with Crippen LogP contribution in [-0.2, 0) is 0 Å². The molecule has 1 heterocycles. The number of nitrogens with zero attached hydrogens (tertiary/aromatic N) is 1. The Morgan fingerprint density at radius 1 is 1.28 bits per heavy atom. The molecule has 0 spiro atoms. The monoisotopic (exact) mass is 254 g/mol. The smallest absolute Gasteiger partial charge is 0.387 e. The molecule has 0 aliphatic rings. The van der Waals surface area contributed by atoms with E-state index in [2.05, 4.69) is 10.3 Å². The molecule has 1 N–H and O–H groups in total. The van der Waals surface area contributed by atoms with Crippen molar-refractivity contribution in [2.24, 2.45) is 0 Å². The number of pyridine rings is 1. The molecule has 0 amide bonds. The number of hydrogen-bond acceptors (Lipinski definition) is 3. The molecule has 0 bridgehead atoms. The van der Waals surface area contributed by atoms with Crippen molar-refractivity contribution in [1.82, 2.24) is 4.98 Å². The van der Waals surface area contributed by atoms with Crippen LogP contribution in [0.3, 0.4) is 0 Å². The van der Waals surface area contributed by atoms with Crippen molar-refractivity contribution >= 4 is 22.4 Å². The number of aromatic nitrogens is 1. The number of rotatable bonds is 2. The lowest BCUT2D eigenvalue weighted by atomic mass is 10.1. The van der Waals surface area contributed by atoms with Crippen molar-refractivity contribution in [2.75, 3.05) is 12.4 Å². The quantitative estimate of drug-likeness (QED) is 0.837. The number of fused-ring (bicyclic) bond motifs is 1. The molecule has 0 saturated heterocycles. The molecule has 3 nitrogen and oxygen atoms in total. The average molecular weight is 254 g/mol. The molecular formula is C12H9F3N2O. The summed E-state index contributed by atoms with van der Waals surface area (Å²) in [5.41, 5.74) is 0.201. The number of para-hydroxylation sites is 1. The Labute approximate surface area is 101 Å². The van der Waals surface area contributed by atoms with E-state index in [4.69, 9.17) is 0 Å². The van der Waals surface area contributed by atoms with Crippen LogP contribution in [0, 0.1) is 0 Å². The maximum Gasteiger partial charge on any atom is 0.455 e. The van der Waals surface area contributed by atoms with Gasteiger partial charge in [0, 0.05) is 18.6 Å². The number of carbonyl (C=O) groups excluding carboxylic acids is 1. The summed E-state index contributed by atoms with van der Waals surface area (Å²) in [7, 11) is 1.47.